The fourth-order valence-corrected chi connectivity index (χ4v) is 3.89. The third kappa shape index (κ3) is 4.23. The molecule has 1 aromatic heterocycles. The average molecular weight is 403 g/mol. The van der Waals surface area contributed by atoms with Crippen LogP contribution in [0.25, 0.3) is 22.0 Å². The van der Waals surface area contributed by atoms with Crippen molar-refractivity contribution in [1.29, 1.82) is 0 Å². The summed E-state index contributed by atoms with van der Waals surface area (Å²) in [5.41, 5.74) is 1.74. The van der Waals surface area contributed by atoms with E-state index in [9.17, 15) is 8.78 Å². The summed E-state index contributed by atoms with van der Waals surface area (Å²) in [6.07, 6.45) is -0.495. The van der Waals surface area contributed by atoms with Crippen molar-refractivity contribution < 1.29 is 8.78 Å². The maximum absolute atomic E-state index is 12.7. The Morgan fingerprint density at radius 1 is 1.07 bits per heavy atom. The van der Waals surface area contributed by atoms with Crippen LogP contribution < -0.4 is 5.32 Å². The molecule has 4 rings (SSSR count). The minimum Gasteiger partial charge on any atom is -0.364 e. The van der Waals surface area contributed by atoms with Crippen LogP contribution in [-0.4, -0.2) is 47.2 Å². The van der Waals surface area contributed by atoms with Crippen LogP contribution in [0.1, 0.15) is 12.8 Å². The van der Waals surface area contributed by atoms with Crippen LogP contribution in [-0.2, 0) is 0 Å². The molecule has 1 N–H and O–H groups in total. The third-order valence-corrected chi connectivity index (χ3v) is 5.30. The lowest BCUT2D eigenvalue weighted by molar-refractivity contribution is 0.0761. The van der Waals surface area contributed by atoms with Gasteiger partial charge in [0.15, 0.2) is 5.82 Å². The van der Waals surface area contributed by atoms with E-state index in [1.165, 1.54) is 0 Å². The quantitative estimate of drug-likeness (QED) is 0.645. The van der Waals surface area contributed by atoms with Gasteiger partial charge in [-0.3, -0.25) is 4.90 Å². The Labute approximate surface area is 167 Å². The lowest BCUT2D eigenvalue weighted by Crippen LogP contribution is -2.44. The molecule has 28 heavy (non-hydrogen) atoms. The summed E-state index contributed by atoms with van der Waals surface area (Å²) in [6, 6.07) is 15.5. The van der Waals surface area contributed by atoms with Gasteiger partial charge in [0, 0.05) is 33.9 Å². The lowest BCUT2D eigenvalue weighted by atomic mass is 10.0. The van der Waals surface area contributed by atoms with Crippen LogP contribution in [0, 0.1) is 0 Å². The number of benzene rings is 2. The minimum atomic E-state index is -2.31. The van der Waals surface area contributed by atoms with Crippen molar-refractivity contribution in [3.63, 3.8) is 0 Å². The van der Waals surface area contributed by atoms with E-state index in [0.29, 0.717) is 23.9 Å². The summed E-state index contributed by atoms with van der Waals surface area (Å²) < 4.78 is 25.4. The molecule has 0 amide bonds. The summed E-state index contributed by atoms with van der Waals surface area (Å²) in [7, 11) is 0. The molecule has 1 atom stereocenters. The molecule has 0 spiro atoms. The number of nitrogens with zero attached hydrogens (tertiary/aromatic N) is 3. The van der Waals surface area contributed by atoms with E-state index in [1.54, 1.807) is 0 Å². The van der Waals surface area contributed by atoms with E-state index in [1.807, 2.05) is 53.4 Å². The number of anilines is 1. The number of likely N-dealkylation sites (tertiary alicyclic amines) is 1. The van der Waals surface area contributed by atoms with Crippen LogP contribution >= 0.6 is 11.6 Å². The summed E-state index contributed by atoms with van der Waals surface area (Å²) in [5, 5.41) is 14.9. The first-order valence-corrected chi connectivity index (χ1v) is 9.76. The van der Waals surface area contributed by atoms with Crippen LogP contribution in [0.15, 0.2) is 48.5 Å². The zero-order valence-electron chi connectivity index (χ0n) is 15.3. The monoisotopic (exact) mass is 402 g/mol. The molecule has 1 saturated heterocycles. The van der Waals surface area contributed by atoms with Crippen LogP contribution in [0.2, 0.25) is 5.02 Å². The second-order valence-electron chi connectivity index (χ2n) is 7.08. The van der Waals surface area contributed by atoms with Gasteiger partial charge in [0.1, 0.15) is 5.69 Å². The molecule has 7 heteroatoms. The number of piperidine rings is 1. The normalized spacial score (nSPS) is 17.9. The van der Waals surface area contributed by atoms with E-state index in [2.05, 4.69) is 15.5 Å². The molecular formula is C21H21ClF2N4. The van der Waals surface area contributed by atoms with Crippen molar-refractivity contribution >= 4 is 28.2 Å². The van der Waals surface area contributed by atoms with E-state index in [0.717, 1.165) is 34.9 Å². The molecule has 0 radical (unpaired) electrons. The molecule has 2 aromatic carbocycles. The van der Waals surface area contributed by atoms with Crippen molar-refractivity contribution in [2.24, 2.45) is 0 Å². The highest BCUT2D eigenvalue weighted by molar-refractivity contribution is 6.30. The topological polar surface area (TPSA) is 41.0 Å². The number of fused-ring (bicyclic) bond motifs is 1. The van der Waals surface area contributed by atoms with Crippen LogP contribution in [0.3, 0.4) is 0 Å². The lowest BCUT2D eigenvalue weighted by Gasteiger charge is -2.33. The van der Waals surface area contributed by atoms with Crippen molar-refractivity contribution in [3.8, 4) is 11.3 Å². The summed E-state index contributed by atoms with van der Waals surface area (Å²) in [5.74, 6) is 0.692. The number of nitrogens with one attached hydrogen (secondary N) is 1. The fourth-order valence-electron chi connectivity index (χ4n) is 3.76. The van der Waals surface area contributed by atoms with E-state index >= 15 is 0 Å². The largest absolute Gasteiger partial charge is 0.364 e. The van der Waals surface area contributed by atoms with E-state index in [4.69, 9.17) is 11.6 Å². The number of hydrogen-bond acceptors (Lipinski definition) is 4. The fraction of sp³-hybridized carbons (Fsp3) is 0.333. The van der Waals surface area contributed by atoms with Gasteiger partial charge in [0.25, 0.3) is 6.43 Å². The average Bonchev–Trinajstić information content (AvgIpc) is 2.69. The third-order valence-electron chi connectivity index (χ3n) is 5.05. The second-order valence-corrected chi connectivity index (χ2v) is 7.52. The summed E-state index contributed by atoms with van der Waals surface area (Å²) in [4.78, 5) is 1.81. The van der Waals surface area contributed by atoms with Crippen molar-refractivity contribution in [1.82, 2.24) is 15.1 Å². The van der Waals surface area contributed by atoms with Crippen molar-refractivity contribution in [2.45, 2.75) is 25.3 Å². The minimum absolute atomic E-state index is 0.0755. The molecule has 2 heterocycles. The molecule has 3 aromatic rings. The molecule has 1 aliphatic heterocycles. The number of aromatic nitrogens is 2. The zero-order chi connectivity index (χ0) is 19.5. The van der Waals surface area contributed by atoms with Crippen molar-refractivity contribution in [3.05, 3.63) is 53.6 Å². The Morgan fingerprint density at radius 3 is 2.57 bits per heavy atom. The van der Waals surface area contributed by atoms with Crippen LogP contribution in [0.4, 0.5) is 14.6 Å². The van der Waals surface area contributed by atoms with E-state index < -0.39 is 6.43 Å². The Hall–Kier alpha value is -2.31. The molecule has 1 unspecified atom stereocenters. The number of alkyl halides is 2. The molecule has 1 fully saturated rings. The van der Waals surface area contributed by atoms with Gasteiger partial charge < -0.3 is 5.32 Å². The molecule has 1 aliphatic rings. The molecule has 4 nitrogen and oxygen atoms in total. The first-order valence-electron chi connectivity index (χ1n) is 9.38. The Kier molecular flexibility index (Phi) is 5.69. The Balaban J connectivity index is 1.62. The smallest absolute Gasteiger partial charge is 0.251 e. The Morgan fingerprint density at radius 2 is 1.82 bits per heavy atom. The van der Waals surface area contributed by atoms with Gasteiger partial charge in [0.05, 0.1) is 6.54 Å². The van der Waals surface area contributed by atoms with Gasteiger partial charge in [-0.15, -0.1) is 10.2 Å². The highest BCUT2D eigenvalue weighted by Crippen LogP contribution is 2.31. The van der Waals surface area contributed by atoms with Crippen molar-refractivity contribution in [2.75, 3.05) is 25.0 Å². The van der Waals surface area contributed by atoms with Gasteiger partial charge in [-0.25, -0.2) is 8.78 Å². The SMILES string of the molecule is FC(F)CN1CCCC(Nc2nnc(-c3ccc(Cl)cc3)c3ccccc23)C1. The first-order chi connectivity index (χ1) is 13.6. The highest BCUT2D eigenvalue weighted by atomic mass is 35.5. The zero-order valence-corrected chi connectivity index (χ0v) is 16.0. The van der Waals surface area contributed by atoms with Gasteiger partial charge in [-0.2, -0.15) is 0 Å². The van der Waals surface area contributed by atoms with E-state index in [-0.39, 0.29) is 12.6 Å². The molecule has 0 saturated carbocycles. The second kappa shape index (κ2) is 8.37. The van der Waals surface area contributed by atoms with Gasteiger partial charge >= 0.3 is 0 Å². The predicted molar refractivity (Wildman–Crippen MR) is 109 cm³/mol. The summed E-state index contributed by atoms with van der Waals surface area (Å²) >= 11 is 6.00. The number of rotatable bonds is 5. The summed E-state index contributed by atoms with van der Waals surface area (Å²) in [6.45, 7) is 1.11. The van der Waals surface area contributed by atoms with Gasteiger partial charge in [-0.05, 0) is 31.5 Å². The number of halogens is 3. The molecule has 0 aliphatic carbocycles. The maximum atomic E-state index is 12.7. The number of hydrogen-bond donors (Lipinski definition) is 1. The standard InChI is InChI=1S/C21H21ClF2N4/c22-15-9-7-14(8-10-15)20-17-5-1-2-6-18(17)21(27-26-20)25-16-4-3-11-28(12-16)13-19(23)24/h1-2,5-10,16,19H,3-4,11-13H2,(H,25,27). The Bertz CT molecular complexity index is 949. The predicted octanol–water partition coefficient (Wildman–Crippen LogP) is 5.09. The van der Waals surface area contributed by atoms with Gasteiger partial charge in [0.2, 0.25) is 0 Å². The first kappa shape index (κ1) is 19.0. The molecule has 0 bridgehead atoms. The molecular weight excluding hydrogens is 382 g/mol. The van der Waals surface area contributed by atoms with Crippen LogP contribution in [0.5, 0.6) is 0 Å². The highest BCUT2D eigenvalue weighted by Gasteiger charge is 2.23. The molecule has 146 valence electrons. The maximum Gasteiger partial charge on any atom is 0.251 e. The van der Waals surface area contributed by atoms with Gasteiger partial charge in [-0.1, -0.05) is 48.0 Å².